The molecule has 1 aromatic rings. The number of nitrogens with zero attached hydrogens (tertiary/aromatic N) is 2. The molecule has 1 fully saturated rings. The largest absolute Gasteiger partial charge is 0.333 e. The van der Waals surface area contributed by atoms with Crippen molar-refractivity contribution in [3.05, 3.63) is 29.3 Å². The van der Waals surface area contributed by atoms with Crippen molar-refractivity contribution in [2.24, 2.45) is 0 Å². The minimum Gasteiger partial charge on any atom is -0.333 e. The number of amides is 3. The van der Waals surface area contributed by atoms with Gasteiger partial charge in [-0.25, -0.2) is 13.2 Å². The molecule has 28 heavy (non-hydrogen) atoms. The Labute approximate surface area is 167 Å². The zero-order chi connectivity index (χ0) is 21.1. The summed E-state index contributed by atoms with van der Waals surface area (Å²) >= 11 is 0. The highest BCUT2D eigenvalue weighted by atomic mass is 32.2. The molecular weight excluding hydrogens is 380 g/mol. The molecule has 0 saturated carbocycles. The van der Waals surface area contributed by atoms with Crippen LogP contribution in [-0.4, -0.2) is 67.8 Å². The van der Waals surface area contributed by atoms with E-state index in [9.17, 15) is 18.0 Å². The first-order valence-electron chi connectivity index (χ1n) is 9.30. The first-order valence-corrected chi connectivity index (χ1v) is 10.7. The van der Waals surface area contributed by atoms with Crippen LogP contribution >= 0.6 is 0 Å². The molecule has 0 bridgehead atoms. The number of aryl methyl sites for hydroxylation is 2. The zero-order valence-corrected chi connectivity index (χ0v) is 18.0. The average molecular weight is 411 g/mol. The molecule has 0 unspecified atom stereocenters. The smallest absolute Gasteiger partial charge is 0.321 e. The predicted octanol–water partition coefficient (Wildman–Crippen LogP) is 1.23. The second-order valence-corrected chi connectivity index (χ2v) is 10.1. The highest BCUT2D eigenvalue weighted by molar-refractivity contribution is 7.89. The number of carbonyl (C=O) groups is 2. The average Bonchev–Trinajstić information content (AvgIpc) is 2.52. The number of sulfonamides is 1. The van der Waals surface area contributed by atoms with Crippen LogP contribution in [0.5, 0.6) is 0 Å². The second kappa shape index (κ2) is 8.59. The molecule has 0 aliphatic carbocycles. The van der Waals surface area contributed by atoms with Crippen molar-refractivity contribution in [3.8, 4) is 0 Å². The summed E-state index contributed by atoms with van der Waals surface area (Å²) in [6, 6.07) is 4.76. The summed E-state index contributed by atoms with van der Waals surface area (Å²) in [5, 5.41) is 4.97. The molecule has 0 atom stereocenters. The van der Waals surface area contributed by atoms with Gasteiger partial charge in [0.1, 0.15) is 0 Å². The molecule has 8 nitrogen and oxygen atoms in total. The third kappa shape index (κ3) is 6.02. The van der Waals surface area contributed by atoms with E-state index in [0.29, 0.717) is 31.1 Å². The maximum Gasteiger partial charge on any atom is 0.321 e. The fourth-order valence-electron chi connectivity index (χ4n) is 3.10. The molecule has 9 heteroatoms. The van der Waals surface area contributed by atoms with Gasteiger partial charge in [0, 0.05) is 31.7 Å². The number of urea groups is 1. The van der Waals surface area contributed by atoms with Gasteiger partial charge in [-0.3, -0.25) is 15.0 Å². The molecule has 2 rings (SSSR count). The molecule has 0 aromatic heterocycles. The Morgan fingerprint density at radius 1 is 1.07 bits per heavy atom. The summed E-state index contributed by atoms with van der Waals surface area (Å²) in [4.78, 5) is 26.0. The summed E-state index contributed by atoms with van der Waals surface area (Å²) in [5.41, 5.74) is 1.31. The lowest BCUT2D eigenvalue weighted by molar-refractivity contribution is -0.121. The predicted molar refractivity (Wildman–Crippen MR) is 108 cm³/mol. The van der Waals surface area contributed by atoms with Gasteiger partial charge in [0.25, 0.3) is 0 Å². The Morgan fingerprint density at radius 3 is 2.21 bits per heavy atom. The van der Waals surface area contributed by atoms with Gasteiger partial charge in [0.2, 0.25) is 15.9 Å². The second-order valence-electron chi connectivity index (χ2n) is 8.20. The first-order chi connectivity index (χ1) is 12.9. The van der Waals surface area contributed by atoms with Gasteiger partial charge in [0.05, 0.1) is 11.4 Å². The van der Waals surface area contributed by atoms with Gasteiger partial charge in [-0.15, -0.1) is 0 Å². The Bertz CT molecular complexity index is 838. The molecule has 3 amide bonds. The van der Waals surface area contributed by atoms with E-state index >= 15 is 0 Å². The van der Waals surface area contributed by atoms with Gasteiger partial charge >= 0.3 is 6.03 Å². The molecule has 1 saturated heterocycles. The summed E-state index contributed by atoms with van der Waals surface area (Å²) in [6.45, 7) is 10.7. The van der Waals surface area contributed by atoms with E-state index in [1.165, 1.54) is 4.31 Å². The lowest BCUT2D eigenvalue weighted by Crippen LogP contribution is -2.53. The van der Waals surface area contributed by atoms with Crippen LogP contribution in [0.3, 0.4) is 0 Å². The van der Waals surface area contributed by atoms with Crippen molar-refractivity contribution < 1.29 is 18.0 Å². The lowest BCUT2D eigenvalue weighted by Gasteiger charge is -2.33. The van der Waals surface area contributed by atoms with E-state index in [4.69, 9.17) is 0 Å². The molecule has 1 aliphatic rings. The monoisotopic (exact) mass is 410 g/mol. The number of nitrogens with one attached hydrogen (secondary N) is 2. The van der Waals surface area contributed by atoms with Crippen LogP contribution in [0.2, 0.25) is 0 Å². The van der Waals surface area contributed by atoms with Gasteiger partial charge in [-0.1, -0.05) is 17.7 Å². The molecule has 0 spiro atoms. The Morgan fingerprint density at radius 2 is 1.68 bits per heavy atom. The number of carbonyl (C=O) groups excluding carboxylic acids is 2. The standard InChI is InChI=1S/C19H30N4O4S/c1-14-6-7-16(15(2)12-14)28(26,27)23-10-8-22(9-11-23)13-17(24)20-18(25)21-19(3,4)5/h6-7,12H,8-11,13H2,1-5H3,(H2,20,21,24,25). The van der Waals surface area contributed by atoms with E-state index in [1.807, 2.05) is 38.7 Å². The summed E-state index contributed by atoms with van der Waals surface area (Å²) in [6.07, 6.45) is 0. The molecule has 1 aliphatic heterocycles. The molecule has 1 aromatic carbocycles. The zero-order valence-electron chi connectivity index (χ0n) is 17.2. The van der Waals surface area contributed by atoms with Crippen LogP contribution in [0.1, 0.15) is 31.9 Å². The number of rotatable bonds is 4. The van der Waals surface area contributed by atoms with Crippen molar-refractivity contribution >= 4 is 22.0 Å². The van der Waals surface area contributed by atoms with Gasteiger partial charge in [-0.2, -0.15) is 4.31 Å². The van der Waals surface area contributed by atoms with Gasteiger partial charge < -0.3 is 5.32 Å². The minimum absolute atomic E-state index is 0.0506. The van der Waals surface area contributed by atoms with Crippen LogP contribution in [-0.2, 0) is 14.8 Å². The highest BCUT2D eigenvalue weighted by Crippen LogP contribution is 2.22. The van der Waals surface area contributed by atoms with Crippen molar-refractivity contribution in [3.63, 3.8) is 0 Å². The molecule has 1 heterocycles. The van der Waals surface area contributed by atoms with Gasteiger partial charge in [0.15, 0.2) is 0 Å². The normalized spacial score (nSPS) is 16.6. The van der Waals surface area contributed by atoms with Crippen LogP contribution in [0.25, 0.3) is 0 Å². The quantitative estimate of drug-likeness (QED) is 0.778. The number of piperazine rings is 1. The SMILES string of the molecule is Cc1ccc(S(=O)(=O)N2CCN(CC(=O)NC(=O)NC(C)(C)C)CC2)c(C)c1. The Hall–Kier alpha value is -1.97. The van der Waals surface area contributed by atoms with E-state index in [-0.39, 0.29) is 6.54 Å². The Balaban J connectivity index is 1.90. The maximum atomic E-state index is 12.9. The van der Waals surface area contributed by atoms with Crippen LogP contribution in [0.4, 0.5) is 4.79 Å². The number of hydrogen-bond acceptors (Lipinski definition) is 5. The highest BCUT2D eigenvalue weighted by Gasteiger charge is 2.30. The fraction of sp³-hybridized carbons (Fsp3) is 0.579. The van der Waals surface area contributed by atoms with Crippen molar-refractivity contribution in [2.75, 3.05) is 32.7 Å². The van der Waals surface area contributed by atoms with Crippen LogP contribution in [0, 0.1) is 13.8 Å². The topological polar surface area (TPSA) is 98.8 Å². The molecular formula is C19H30N4O4S. The number of imide groups is 1. The van der Waals surface area contributed by atoms with Crippen molar-refractivity contribution in [2.45, 2.75) is 45.1 Å². The summed E-state index contributed by atoms with van der Waals surface area (Å²) < 4.78 is 27.3. The molecule has 156 valence electrons. The van der Waals surface area contributed by atoms with E-state index in [0.717, 1.165) is 11.1 Å². The minimum atomic E-state index is -3.56. The number of hydrogen-bond donors (Lipinski definition) is 2. The maximum absolute atomic E-state index is 12.9. The fourth-order valence-corrected chi connectivity index (χ4v) is 4.72. The van der Waals surface area contributed by atoms with E-state index in [2.05, 4.69) is 10.6 Å². The molecule has 0 radical (unpaired) electrons. The Kier molecular flexibility index (Phi) is 6.84. The first kappa shape index (κ1) is 22.3. The van der Waals surface area contributed by atoms with E-state index in [1.54, 1.807) is 19.1 Å². The summed E-state index contributed by atoms with van der Waals surface area (Å²) in [5.74, 6) is -0.410. The van der Waals surface area contributed by atoms with E-state index < -0.39 is 27.5 Å². The van der Waals surface area contributed by atoms with Gasteiger partial charge in [-0.05, 0) is 46.2 Å². The third-order valence-electron chi connectivity index (χ3n) is 4.39. The van der Waals surface area contributed by atoms with Crippen LogP contribution in [0.15, 0.2) is 23.1 Å². The van der Waals surface area contributed by atoms with Crippen molar-refractivity contribution in [1.29, 1.82) is 0 Å². The lowest BCUT2D eigenvalue weighted by atomic mass is 10.1. The number of benzene rings is 1. The summed E-state index contributed by atoms with van der Waals surface area (Å²) in [7, 11) is -3.56. The third-order valence-corrected chi connectivity index (χ3v) is 6.45. The molecule has 2 N–H and O–H groups in total. The van der Waals surface area contributed by atoms with Crippen LogP contribution < -0.4 is 10.6 Å². The van der Waals surface area contributed by atoms with Crippen molar-refractivity contribution in [1.82, 2.24) is 19.8 Å².